The molecule has 0 unspecified atom stereocenters. The van der Waals surface area contributed by atoms with E-state index in [1.165, 1.54) is 16.9 Å². The fraction of sp³-hybridized carbons (Fsp3) is 0.333. The highest BCUT2D eigenvalue weighted by atomic mass is 32.1. The average molecular weight is 422 g/mol. The molecule has 1 aliphatic heterocycles. The molecule has 2 aromatic carbocycles. The predicted octanol–water partition coefficient (Wildman–Crippen LogP) is 5.74. The average Bonchev–Trinajstić information content (AvgIpc) is 3.30. The van der Waals surface area contributed by atoms with Gasteiger partial charge in [-0.05, 0) is 50.6 Å². The Bertz CT molecular complexity index is 1070. The summed E-state index contributed by atoms with van der Waals surface area (Å²) in [5, 5.41) is 2.77. The Labute approximate surface area is 182 Å². The van der Waals surface area contributed by atoms with Gasteiger partial charge in [0.15, 0.2) is 11.5 Å². The molecule has 5 nitrogen and oxygen atoms in total. The number of aliphatic imine (C=N–C) groups is 1. The van der Waals surface area contributed by atoms with Crippen molar-refractivity contribution < 1.29 is 9.47 Å². The van der Waals surface area contributed by atoms with Crippen molar-refractivity contribution in [3.8, 4) is 22.8 Å². The van der Waals surface area contributed by atoms with E-state index in [-0.39, 0.29) is 5.60 Å². The zero-order valence-electron chi connectivity index (χ0n) is 18.1. The molecule has 4 rings (SSSR count). The molecule has 6 heteroatoms. The minimum Gasteiger partial charge on any atom is -0.490 e. The van der Waals surface area contributed by atoms with Crippen molar-refractivity contribution in [3.63, 3.8) is 0 Å². The maximum absolute atomic E-state index is 6.12. The highest BCUT2D eigenvalue weighted by Gasteiger charge is 2.33. The second-order valence-electron chi connectivity index (χ2n) is 8.19. The Morgan fingerprint density at radius 1 is 1.23 bits per heavy atom. The molecule has 0 N–H and O–H groups in total. The Kier molecular flexibility index (Phi) is 5.52. The SMILES string of the molecule is CCOc1cc(-c2csc(/N=C/c3ccc(N(C)C)cc3)n2)cc2c1OC(C)(C)C2. The fourth-order valence-electron chi connectivity index (χ4n) is 3.53. The van der Waals surface area contributed by atoms with E-state index in [1.807, 2.05) is 38.7 Å². The van der Waals surface area contributed by atoms with Crippen LogP contribution in [0.25, 0.3) is 11.3 Å². The molecule has 1 aliphatic rings. The first-order chi connectivity index (χ1) is 14.3. The summed E-state index contributed by atoms with van der Waals surface area (Å²) in [6, 6.07) is 12.5. The summed E-state index contributed by atoms with van der Waals surface area (Å²) in [6.45, 7) is 6.78. The lowest BCUT2D eigenvalue weighted by molar-refractivity contribution is 0.132. The van der Waals surface area contributed by atoms with Gasteiger partial charge in [0.05, 0.1) is 12.3 Å². The third-order valence-corrected chi connectivity index (χ3v) is 5.70. The van der Waals surface area contributed by atoms with Gasteiger partial charge in [-0.2, -0.15) is 0 Å². The molecule has 0 bridgehead atoms. The van der Waals surface area contributed by atoms with E-state index in [9.17, 15) is 0 Å². The normalized spacial score (nSPS) is 14.6. The Hall–Kier alpha value is -2.86. The first kappa shape index (κ1) is 20.4. The molecule has 2 heterocycles. The monoisotopic (exact) mass is 421 g/mol. The largest absolute Gasteiger partial charge is 0.490 e. The minimum absolute atomic E-state index is 0.216. The van der Waals surface area contributed by atoms with Crippen LogP contribution in [-0.2, 0) is 6.42 Å². The maximum Gasteiger partial charge on any atom is 0.209 e. The van der Waals surface area contributed by atoms with Gasteiger partial charge in [0.2, 0.25) is 5.13 Å². The lowest BCUT2D eigenvalue weighted by atomic mass is 9.99. The summed E-state index contributed by atoms with van der Waals surface area (Å²) in [6.07, 6.45) is 2.71. The third-order valence-electron chi connectivity index (χ3n) is 4.95. The lowest BCUT2D eigenvalue weighted by Gasteiger charge is -2.18. The predicted molar refractivity (Wildman–Crippen MR) is 125 cm³/mol. The number of fused-ring (bicyclic) bond motifs is 1. The van der Waals surface area contributed by atoms with Crippen LogP contribution in [0.15, 0.2) is 46.8 Å². The molecule has 156 valence electrons. The quantitative estimate of drug-likeness (QED) is 0.476. The van der Waals surface area contributed by atoms with E-state index in [4.69, 9.17) is 14.5 Å². The number of hydrogen-bond acceptors (Lipinski definition) is 6. The first-order valence-electron chi connectivity index (χ1n) is 10.1. The molecule has 0 amide bonds. The van der Waals surface area contributed by atoms with Crippen molar-refractivity contribution >= 4 is 28.4 Å². The van der Waals surface area contributed by atoms with Crippen molar-refractivity contribution in [1.29, 1.82) is 0 Å². The Morgan fingerprint density at radius 3 is 2.70 bits per heavy atom. The number of benzene rings is 2. The molecule has 3 aromatic rings. The summed E-state index contributed by atoms with van der Waals surface area (Å²) in [4.78, 5) is 11.4. The fourth-order valence-corrected chi connectivity index (χ4v) is 4.20. The van der Waals surface area contributed by atoms with Gasteiger partial charge in [0.25, 0.3) is 0 Å². The number of nitrogens with zero attached hydrogens (tertiary/aromatic N) is 3. The molecule has 0 saturated carbocycles. The molecule has 30 heavy (non-hydrogen) atoms. The van der Waals surface area contributed by atoms with Crippen LogP contribution in [0.5, 0.6) is 11.5 Å². The molecule has 0 saturated heterocycles. The summed E-state index contributed by atoms with van der Waals surface area (Å²) >= 11 is 1.53. The molecule has 0 spiro atoms. The second-order valence-corrected chi connectivity index (χ2v) is 9.03. The molecular weight excluding hydrogens is 394 g/mol. The minimum atomic E-state index is -0.216. The molecule has 1 aromatic heterocycles. The van der Waals surface area contributed by atoms with E-state index >= 15 is 0 Å². The summed E-state index contributed by atoms with van der Waals surface area (Å²) in [7, 11) is 4.06. The van der Waals surface area contributed by atoms with Gasteiger partial charge in [0, 0.05) is 48.9 Å². The number of anilines is 1. The van der Waals surface area contributed by atoms with Crippen LogP contribution < -0.4 is 14.4 Å². The van der Waals surface area contributed by atoms with Crippen LogP contribution in [0.2, 0.25) is 0 Å². The van der Waals surface area contributed by atoms with Gasteiger partial charge >= 0.3 is 0 Å². The number of aromatic nitrogens is 1. The van der Waals surface area contributed by atoms with Gasteiger partial charge in [-0.3, -0.25) is 0 Å². The van der Waals surface area contributed by atoms with Crippen LogP contribution in [0, 0.1) is 0 Å². The van der Waals surface area contributed by atoms with Gasteiger partial charge in [-0.15, -0.1) is 11.3 Å². The van der Waals surface area contributed by atoms with Gasteiger partial charge in [-0.1, -0.05) is 12.1 Å². The van der Waals surface area contributed by atoms with Crippen LogP contribution in [0.1, 0.15) is 31.9 Å². The van der Waals surface area contributed by atoms with Gasteiger partial charge in [0.1, 0.15) is 5.60 Å². The molecule has 0 fully saturated rings. The smallest absolute Gasteiger partial charge is 0.209 e. The molecule has 0 atom stereocenters. The van der Waals surface area contributed by atoms with E-state index < -0.39 is 0 Å². The number of hydrogen-bond donors (Lipinski definition) is 0. The van der Waals surface area contributed by atoms with Gasteiger partial charge < -0.3 is 14.4 Å². The van der Waals surface area contributed by atoms with Crippen molar-refractivity contribution in [3.05, 3.63) is 52.9 Å². The van der Waals surface area contributed by atoms with E-state index in [2.05, 4.69) is 54.1 Å². The van der Waals surface area contributed by atoms with Crippen molar-refractivity contribution in [1.82, 2.24) is 4.98 Å². The van der Waals surface area contributed by atoms with Crippen molar-refractivity contribution in [2.24, 2.45) is 4.99 Å². The maximum atomic E-state index is 6.12. The van der Waals surface area contributed by atoms with Crippen LogP contribution >= 0.6 is 11.3 Å². The third kappa shape index (κ3) is 4.33. The highest BCUT2D eigenvalue weighted by Crippen LogP contribution is 2.45. The zero-order valence-corrected chi connectivity index (χ0v) is 18.9. The topological polar surface area (TPSA) is 47.0 Å². The summed E-state index contributed by atoms with van der Waals surface area (Å²) in [5.74, 6) is 1.65. The van der Waals surface area contributed by atoms with Crippen LogP contribution in [0.3, 0.4) is 0 Å². The first-order valence-corrected chi connectivity index (χ1v) is 11.0. The molecule has 0 aliphatic carbocycles. The summed E-state index contributed by atoms with van der Waals surface area (Å²) < 4.78 is 12.0. The van der Waals surface area contributed by atoms with E-state index in [0.29, 0.717) is 6.61 Å². The zero-order chi connectivity index (χ0) is 21.3. The summed E-state index contributed by atoms with van der Waals surface area (Å²) in [5.41, 5.74) is 5.10. The number of ether oxygens (including phenoxy) is 2. The van der Waals surface area contributed by atoms with Crippen LogP contribution in [-0.4, -0.2) is 37.5 Å². The van der Waals surface area contributed by atoms with E-state index in [1.54, 1.807) is 0 Å². The van der Waals surface area contributed by atoms with Crippen molar-refractivity contribution in [2.45, 2.75) is 32.8 Å². The molecule has 0 radical (unpaired) electrons. The molecular formula is C24H27N3O2S. The van der Waals surface area contributed by atoms with Crippen LogP contribution in [0.4, 0.5) is 10.8 Å². The van der Waals surface area contributed by atoms with E-state index in [0.717, 1.165) is 45.6 Å². The Morgan fingerprint density at radius 2 is 2.00 bits per heavy atom. The van der Waals surface area contributed by atoms with Gasteiger partial charge in [-0.25, -0.2) is 9.98 Å². The highest BCUT2D eigenvalue weighted by molar-refractivity contribution is 7.13. The lowest BCUT2D eigenvalue weighted by Crippen LogP contribution is -2.24. The number of rotatable bonds is 6. The standard InChI is InChI=1S/C24H27N3O2S/c1-6-28-21-12-17(11-18-13-24(2,3)29-22(18)21)20-15-30-23(26-20)25-14-16-7-9-19(10-8-16)27(4)5/h7-12,14-15H,6,13H2,1-5H3/b25-14+. The van der Waals surface area contributed by atoms with Crippen molar-refractivity contribution in [2.75, 3.05) is 25.6 Å². The number of thiazole rings is 1. The second kappa shape index (κ2) is 8.11. The Balaban J connectivity index is 1.57.